The zero-order valence-electron chi connectivity index (χ0n) is 6.55. The Balaban J connectivity index is 5.58. The van der Waals surface area contributed by atoms with Crippen LogP contribution in [0, 0.1) is 0 Å². The lowest BCUT2D eigenvalue weighted by molar-refractivity contribution is 0.458. The summed E-state index contributed by atoms with van der Waals surface area (Å²) >= 11 is 0. The van der Waals surface area contributed by atoms with Gasteiger partial charge in [-0.3, -0.25) is 9.11 Å². The summed E-state index contributed by atoms with van der Waals surface area (Å²) in [5.74, 6) is 0. The lowest BCUT2D eigenvalue weighted by atomic mass is 11.0. The van der Waals surface area contributed by atoms with Gasteiger partial charge in [-0.1, -0.05) is 0 Å². The van der Waals surface area contributed by atoms with Crippen LogP contribution in [0.1, 0.15) is 9.64 Å². The first-order valence-electron chi connectivity index (χ1n) is 3.00. The largest absolute Gasteiger partial charge is 0.284 e. The number of rotatable bonds is 2. The molecule has 10 heavy (non-hydrogen) atoms. The Labute approximate surface area is 61.2 Å². The lowest BCUT2D eigenvalue weighted by Crippen LogP contribution is -2.25. The summed E-state index contributed by atoms with van der Waals surface area (Å²) in [4.78, 5) is 0. The second-order valence-electron chi connectivity index (χ2n) is 1.32. The minimum atomic E-state index is -5.33. The molecule has 0 aromatic rings. The van der Waals surface area contributed by atoms with Crippen LogP contribution in [-0.2, 0) is 20.2 Å². The van der Waals surface area contributed by atoms with Crippen molar-refractivity contribution in [2.45, 2.75) is 11.5 Å². The van der Waals surface area contributed by atoms with E-state index in [2.05, 4.69) is 0 Å². The molecule has 0 atom stereocenters. The van der Waals surface area contributed by atoms with E-state index in [1.54, 1.807) is 0 Å². The van der Waals surface area contributed by atoms with Crippen molar-refractivity contribution < 1.29 is 28.7 Å². The highest BCUT2D eigenvalue weighted by Crippen LogP contribution is 2.03. The maximum atomic E-state index is 10.2. The van der Waals surface area contributed by atoms with Gasteiger partial charge < -0.3 is 0 Å². The van der Waals surface area contributed by atoms with Gasteiger partial charge in [0.2, 0.25) is 4.56 Å². The van der Waals surface area contributed by atoms with E-state index in [1.165, 1.54) is 0 Å². The number of hydrogen-bond acceptors (Lipinski definition) is 4. The Morgan fingerprint density at radius 3 is 1.60 bits per heavy atom. The highest BCUT2D eigenvalue weighted by molar-refractivity contribution is 8.03. The van der Waals surface area contributed by atoms with Gasteiger partial charge >= 0.3 is 0 Å². The van der Waals surface area contributed by atoms with Crippen LogP contribution in [0.5, 0.6) is 0 Å². The normalized spacial score (nSPS) is 17.8. The van der Waals surface area contributed by atoms with Gasteiger partial charge in [0.15, 0.2) is 0 Å². The Bertz CT molecular complexity index is 321. The fourth-order valence-corrected chi connectivity index (χ4v) is 1.20. The van der Waals surface area contributed by atoms with Crippen LogP contribution < -0.4 is 0 Å². The average molecular weight is 194 g/mol. The fourth-order valence-electron chi connectivity index (χ4n) is 0.133. The minimum Gasteiger partial charge on any atom is -0.284 e. The first-order chi connectivity index (χ1) is 5.06. The SMILES string of the molecule is [3H]CC([3H])(S(=O)(=O)O)S(=O)(=O)O. The molecular weight excluding hydrogens is 184 g/mol. The third-order valence-electron chi connectivity index (χ3n) is 0.575. The summed E-state index contributed by atoms with van der Waals surface area (Å²) in [5, 5.41) is 0. The Morgan fingerprint density at radius 2 is 1.60 bits per heavy atom. The van der Waals surface area contributed by atoms with Gasteiger partial charge in [-0.05, 0) is 6.90 Å². The third-order valence-corrected chi connectivity index (χ3v) is 2.99. The molecule has 0 aliphatic rings. The van der Waals surface area contributed by atoms with Gasteiger partial charge in [0.1, 0.15) is 0 Å². The van der Waals surface area contributed by atoms with E-state index in [0.717, 1.165) is 0 Å². The highest BCUT2D eigenvalue weighted by atomic mass is 32.3. The van der Waals surface area contributed by atoms with Crippen molar-refractivity contribution in [3.63, 3.8) is 0 Å². The van der Waals surface area contributed by atoms with Crippen LogP contribution in [0.3, 0.4) is 0 Å². The van der Waals surface area contributed by atoms with Gasteiger partial charge in [-0.15, -0.1) is 0 Å². The van der Waals surface area contributed by atoms with Crippen LogP contribution in [0.15, 0.2) is 0 Å². The van der Waals surface area contributed by atoms with Crippen molar-refractivity contribution in [2.24, 2.45) is 0 Å². The molecule has 0 aromatic heterocycles. The smallest absolute Gasteiger partial charge is 0.284 e. The van der Waals surface area contributed by atoms with Crippen molar-refractivity contribution in [1.82, 2.24) is 0 Å². The molecule has 0 aliphatic carbocycles. The molecule has 2 N–H and O–H groups in total. The second-order valence-corrected chi connectivity index (χ2v) is 4.47. The predicted octanol–water partition coefficient (Wildman–Crippen LogP) is -0.892. The maximum Gasteiger partial charge on any atom is 0.284 e. The zero-order valence-corrected chi connectivity index (χ0v) is 6.18. The van der Waals surface area contributed by atoms with Gasteiger partial charge in [0, 0.05) is 1.37 Å². The Morgan fingerprint density at radius 1 is 1.30 bits per heavy atom. The van der Waals surface area contributed by atoms with Crippen LogP contribution in [-0.4, -0.2) is 30.5 Å². The molecule has 0 spiro atoms. The van der Waals surface area contributed by atoms with E-state index < -0.39 is 31.7 Å². The first-order valence-corrected chi connectivity index (χ1v) is 4.67. The molecule has 0 rings (SSSR count). The van der Waals surface area contributed by atoms with Crippen molar-refractivity contribution in [2.75, 3.05) is 0 Å². The first kappa shape index (κ1) is 6.53. The van der Waals surface area contributed by atoms with Gasteiger partial charge in [-0.25, -0.2) is 0 Å². The van der Waals surface area contributed by atoms with Crippen molar-refractivity contribution >= 4 is 20.2 Å². The van der Waals surface area contributed by atoms with Crippen molar-refractivity contribution in [1.29, 1.82) is 0 Å². The molecule has 8 heteroatoms. The topological polar surface area (TPSA) is 109 Å². The van der Waals surface area contributed by atoms with E-state index in [4.69, 9.17) is 11.8 Å². The van der Waals surface area contributed by atoms with Crippen LogP contribution in [0.2, 0.25) is 0 Å². The summed E-state index contributed by atoms with van der Waals surface area (Å²) in [5.41, 5.74) is 0. The highest BCUT2D eigenvalue weighted by Gasteiger charge is 2.29. The summed E-state index contributed by atoms with van der Waals surface area (Å²) in [6.45, 7) is -1.51. The summed E-state index contributed by atoms with van der Waals surface area (Å²) in [7, 11) is -10.7. The molecule has 0 unspecified atom stereocenters. The Kier molecular flexibility index (Phi) is 1.60. The molecule has 0 aliphatic heterocycles. The second kappa shape index (κ2) is 2.46. The van der Waals surface area contributed by atoms with E-state index >= 15 is 0 Å². The molecule has 0 heterocycles. The lowest BCUT2D eigenvalue weighted by Gasteiger charge is -2.01. The maximum absolute atomic E-state index is 10.2. The molecule has 0 bridgehead atoms. The summed E-state index contributed by atoms with van der Waals surface area (Å²) in [6.07, 6.45) is 0. The van der Waals surface area contributed by atoms with Gasteiger partial charge in [0.25, 0.3) is 20.2 Å². The van der Waals surface area contributed by atoms with Crippen LogP contribution in [0.25, 0.3) is 0 Å². The fraction of sp³-hybridized carbons (Fsp3) is 1.00. The van der Waals surface area contributed by atoms with Gasteiger partial charge in [-0.2, -0.15) is 16.8 Å². The molecular formula is C2H6O6S2. The predicted molar refractivity (Wildman–Crippen MR) is 32.6 cm³/mol. The monoisotopic (exact) mass is 194 g/mol. The third kappa shape index (κ3) is 2.60. The standard InChI is InChI=1S/C2H6O6S2/c1-2(9(3,4)5)10(6,7)8/h2H,1H3,(H,3,4,5)(H,6,7,8)/i1T,2T. The van der Waals surface area contributed by atoms with E-state index in [0.29, 0.717) is 0 Å². The van der Waals surface area contributed by atoms with Crippen molar-refractivity contribution in [3.8, 4) is 0 Å². The molecule has 6 nitrogen and oxygen atoms in total. The van der Waals surface area contributed by atoms with Gasteiger partial charge in [0.05, 0.1) is 1.37 Å². The summed E-state index contributed by atoms with van der Waals surface area (Å²) < 4.78 is 66.8. The minimum absolute atomic E-state index is 1.51. The quantitative estimate of drug-likeness (QED) is 0.552. The molecule has 0 fully saturated rings. The molecule has 0 radical (unpaired) electrons. The van der Waals surface area contributed by atoms with E-state index in [1.807, 2.05) is 0 Å². The molecule has 0 amide bonds. The van der Waals surface area contributed by atoms with Crippen LogP contribution in [0.4, 0.5) is 0 Å². The Hall–Kier alpha value is -0.180. The van der Waals surface area contributed by atoms with E-state index in [-0.39, 0.29) is 0 Å². The number of hydrogen-bond donors (Lipinski definition) is 2. The zero-order chi connectivity index (χ0) is 10.2. The molecule has 62 valence electrons. The molecule has 0 saturated heterocycles. The molecule has 0 saturated carbocycles. The van der Waals surface area contributed by atoms with Crippen molar-refractivity contribution in [3.05, 3.63) is 0 Å². The van der Waals surface area contributed by atoms with Crippen LogP contribution >= 0.6 is 0 Å². The average Bonchev–Trinajstić information content (AvgIpc) is 1.81. The summed E-state index contributed by atoms with van der Waals surface area (Å²) in [6, 6.07) is 0. The molecule has 0 aromatic carbocycles. The van der Waals surface area contributed by atoms with E-state index in [9.17, 15) is 16.8 Å².